The molecule has 0 bridgehead atoms. The molecular formula is C13H30N2. The zero-order valence-electron chi connectivity index (χ0n) is 11.6. The Balaban J connectivity index is 4.03. The summed E-state index contributed by atoms with van der Waals surface area (Å²) in [6.45, 7) is 13.5. The summed E-state index contributed by atoms with van der Waals surface area (Å²) in [5.74, 6) is 0. The highest BCUT2D eigenvalue weighted by atomic mass is 15.2. The molecule has 0 rings (SSSR count). The quantitative estimate of drug-likeness (QED) is 0.701. The first kappa shape index (κ1) is 14.9. The van der Waals surface area contributed by atoms with Gasteiger partial charge in [-0.2, -0.15) is 0 Å². The highest BCUT2D eigenvalue weighted by molar-refractivity contribution is 4.77. The van der Waals surface area contributed by atoms with Crippen molar-refractivity contribution in [2.45, 2.75) is 65.5 Å². The van der Waals surface area contributed by atoms with E-state index in [0.29, 0.717) is 6.04 Å². The van der Waals surface area contributed by atoms with Crippen LogP contribution in [-0.4, -0.2) is 36.6 Å². The molecule has 2 heteroatoms. The first-order valence-corrected chi connectivity index (χ1v) is 6.36. The van der Waals surface area contributed by atoms with Crippen molar-refractivity contribution in [1.82, 2.24) is 10.2 Å². The van der Waals surface area contributed by atoms with Gasteiger partial charge in [-0.25, -0.2) is 0 Å². The van der Waals surface area contributed by atoms with E-state index < -0.39 is 0 Å². The van der Waals surface area contributed by atoms with E-state index in [1.807, 2.05) is 0 Å². The lowest BCUT2D eigenvalue weighted by atomic mass is 10.1. The molecule has 0 radical (unpaired) electrons. The minimum atomic E-state index is 0.235. The fourth-order valence-corrected chi connectivity index (χ4v) is 1.77. The molecule has 1 N–H and O–H groups in total. The molecule has 0 aromatic carbocycles. The number of nitrogens with zero attached hydrogens (tertiary/aromatic N) is 1. The van der Waals surface area contributed by atoms with Gasteiger partial charge in [-0.15, -0.1) is 0 Å². The van der Waals surface area contributed by atoms with Gasteiger partial charge in [-0.3, -0.25) is 0 Å². The third kappa shape index (κ3) is 7.80. The smallest absolute Gasteiger partial charge is 0.0217 e. The van der Waals surface area contributed by atoms with Crippen molar-refractivity contribution in [3.63, 3.8) is 0 Å². The summed E-state index contributed by atoms with van der Waals surface area (Å²) in [5.41, 5.74) is 0.235. The predicted octanol–water partition coefficient (Wildman–Crippen LogP) is 2.89. The largest absolute Gasteiger partial charge is 0.311 e. The van der Waals surface area contributed by atoms with Crippen LogP contribution in [0.1, 0.15) is 53.9 Å². The van der Waals surface area contributed by atoms with Gasteiger partial charge in [0.25, 0.3) is 0 Å². The van der Waals surface area contributed by atoms with Gasteiger partial charge in [-0.05, 0) is 47.2 Å². The van der Waals surface area contributed by atoms with Gasteiger partial charge in [0.05, 0.1) is 0 Å². The van der Waals surface area contributed by atoms with E-state index in [4.69, 9.17) is 0 Å². The van der Waals surface area contributed by atoms with E-state index in [0.717, 1.165) is 6.54 Å². The van der Waals surface area contributed by atoms with E-state index in [2.05, 4.69) is 51.9 Å². The summed E-state index contributed by atoms with van der Waals surface area (Å²) >= 11 is 0. The minimum absolute atomic E-state index is 0.235. The first-order valence-electron chi connectivity index (χ1n) is 6.36. The van der Waals surface area contributed by atoms with E-state index >= 15 is 0 Å². The van der Waals surface area contributed by atoms with Crippen molar-refractivity contribution in [1.29, 1.82) is 0 Å². The Morgan fingerprint density at radius 3 is 2.13 bits per heavy atom. The zero-order chi connectivity index (χ0) is 11.9. The predicted molar refractivity (Wildman–Crippen MR) is 69.4 cm³/mol. The molecule has 0 aliphatic heterocycles. The normalized spacial score (nSPS) is 14.6. The van der Waals surface area contributed by atoms with Gasteiger partial charge >= 0.3 is 0 Å². The molecule has 0 fully saturated rings. The highest BCUT2D eigenvalue weighted by Gasteiger charge is 2.16. The second-order valence-corrected chi connectivity index (χ2v) is 5.55. The molecule has 0 saturated carbocycles. The third-order valence-corrected chi connectivity index (χ3v) is 2.69. The Kier molecular flexibility index (Phi) is 7.20. The average molecular weight is 214 g/mol. The lowest BCUT2D eigenvalue weighted by Crippen LogP contribution is -2.46. The SMILES string of the molecule is CCCC(CNC(C)(C)C)N(C)CCC. The number of hydrogen-bond acceptors (Lipinski definition) is 2. The molecule has 1 unspecified atom stereocenters. The van der Waals surface area contributed by atoms with Crippen LogP contribution in [0, 0.1) is 0 Å². The van der Waals surface area contributed by atoms with Gasteiger partial charge in [0.2, 0.25) is 0 Å². The lowest BCUT2D eigenvalue weighted by molar-refractivity contribution is 0.210. The molecule has 0 aromatic rings. The molecule has 0 aliphatic rings. The third-order valence-electron chi connectivity index (χ3n) is 2.69. The Hall–Kier alpha value is -0.0800. The fraction of sp³-hybridized carbons (Fsp3) is 1.00. The van der Waals surface area contributed by atoms with E-state index in [-0.39, 0.29) is 5.54 Å². The molecule has 0 aliphatic carbocycles. The monoisotopic (exact) mass is 214 g/mol. The van der Waals surface area contributed by atoms with Crippen LogP contribution < -0.4 is 5.32 Å². The van der Waals surface area contributed by atoms with E-state index in [1.165, 1.54) is 25.8 Å². The average Bonchev–Trinajstić information content (AvgIpc) is 2.11. The van der Waals surface area contributed by atoms with Crippen LogP contribution in [0.5, 0.6) is 0 Å². The van der Waals surface area contributed by atoms with Crippen molar-refractivity contribution in [2.24, 2.45) is 0 Å². The minimum Gasteiger partial charge on any atom is -0.311 e. The summed E-state index contributed by atoms with van der Waals surface area (Å²) in [4.78, 5) is 2.49. The zero-order valence-corrected chi connectivity index (χ0v) is 11.6. The molecule has 1 atom stereocenters. The molecule has 0 amide bonds. The highest BCUT2D eigenvalue weighted by Crippen LogP contribution is 2.07. The van der Waals surface area contributed by atoms with Crippen LogP contribution in [-0.2, 0) is 0 Å². The number of rotatable bonds is 7. The molecule has 2 nitrogen and oxygen atoms in total. The standard InChI is InChI=1S/C13H30N2/c1-7-9-12(15(6)10-8-2)11-14-13(3,4)5/h12,14H,7-11H2,1-6H3. The molecule has 15 heavy (non-hydrogen) atoms. The van der Waals surface area contributed by atoms with Gasteiger partial charge in [0.15, 0.2) is 0 Å². The van der Waals surface area contributed by atoms with Crippen LogP contribution in [0.15, 0.2) is 0 Å². The number of hydrogen-bond donors (Lipinski definition) is 1. The summed E-state index contributed by atoms with van der Waals surface area (Å²) in [5, 5.41) is 3.60. The van der Waals surface area contributed by atoms with Gasteiger partial charge in [0, 0.05) is 18.1 Å². The molecule has 0 aromatic heterocycles. The Labute approximate surface area is 96.4 Å². The maximum atomic E-state index is 3.60. The van der Waals surface area contributed by atoms with Crippen LogP contribution in [0.2, 0.25) is 0 Å². The molecule has 0 heterocycles. The Morgan fingerprint density at radius 1 is 1.13 bits per heavy atom. The van der Waals surface area contributed by atoms with Crippen molar-refractivity contribution in [3.05, 3.63) is 0 Å². The van der Waals surface area contributed by atoms with Crippen LogP contribution >= 0.6 is 0 Å². The lowest BCUT2D eigenvalue weighted by Gasteiger charge is -2.31. The summed E-state index contributed by atoms with van der Waals surface area (Å²) in [6, 6.07) is 0.689. The summed E-state index contributed by atoms with van der Waals surface area (Å²) in [7, 11) is 2.24. The van der Waals surface area contributed by atoms with Crippen LogP contribution in [0.25, 0.3) is 0 Å². The Morgan fingerprint density at radius 2 is 1.73 bits per heavy atom. The second-order valence-electron chi connectivity index (χ2n) is 5.55. The van der Waals surface area contributed by atoms with Crippen molar-refractivity contribution in [3.8, 4) is 0 Å². The first-order chi connectivity index (χ1) is 6.90. The maximum Gasteiger partial charge on any atom is 0.0217 e. The van der Waals surface area contributed by atoms with Crippen molar-refractivity contribution < 1.29 is 0 Å². The van der Waals surface area contributed by atoms with Gasteiger partial charge < -0.3 is 10.2 Å². The van der Waals surface area contributed by atoms with Crippen LogP contribution in [0.4, 0.5) is 0 Å². The molecule has 0 spiro atoms. The summed E-state index contributed by atoms with van der Waals surface area (Å²) in [6.07, 6.45) is 3.80. The van der Waals surface area contributed by atoms with Crippen molar-refractivity contribution in [2.75, 3.05) is 20.1 Å². The van der Waals surface area contributed by atoms with Crippen molar-refractivity contribution >= 4 is 0 Å². The summed E-state index contributed by atoms with van der Waals surface area (Å²) < 4.78 is 0. The fourth-order valence-electron chi connectivity index (χ4n) is 1.77. The van der Waals surface area contributed by atoms with Crippen LogP contribution in [0.3, 0.4) is 0 Å². The molecule has 92 valence electrons. The van der Waals surface area contributed by atoms with Gasteiger partial charge in [0.1, 0.15) is 0 Å². The number of likely N-dealkylation sites (N-methyl/N-ethyl adjacent to an activating group) is 1. The van der Waals surface area contributed by atoms with E-state index in [9.17, 15) is 0 Å². The maximum absolute atomic E-state index is 3.60. The number of nitrogens with one attached hydrogen (secondary N) is 1. The van der Waals surface area contributed by atoms with E-state index in [1.54, 1.807) is 0 Å². The topological polar surface area (TPSA) is 15.3 Å². The van der Waals surface area contributed by atoms with Gasteiger partial charge in [-0.1, -0.05) is 20.3 Å². The Bertz CT molecular complexity index is 149. The molecule has 0 saturated heterocycles. The molecular weight excluding hydrogens is 184 g/mol. The second kappa shape index (κ2) is 7.24.